The summed E-state index contributed by atoms with van der Waals surface area (Å²) in [4.78, 5) is 45.6. The molecule has 0 aliphatic heterocycles. The van der Waals surface area contributed by atoms with Gasteiger partial charge in [-0.05, 0) is 161 Å². The van der Waals surface area contributed by atoms with Crippen LogP contribution in [0.15, 0.2) is 11.6 Å². The van der Waals surface area contributed by atoms with Gasteiger partial charge in [-0.3, -0.25) is 9.59 Å². The van der Waals surface area contributed by atoms with Gasteiger partial charge in [-0.2, -0.15) is 0 Å². The van der Waals surface area contributed by atoms with E-state index in [1.165, 1.54) is 12.0 Å². The van der Waals surface area contributed by atoms with Gasteiger partial charge in [0.15, 0.2) is 0 Å². The molecule has 374 valence electrons. The van der Waals surface area contributed by atoms with Gasteiger partial charge in [-0.15, -0.1) is 0 Å². The number of carbonyl (C=O) groups excluding carboxylic acids is 4. The molecule has 0 spiro atoms. The van der Waals surface area contributed by atoms with Gasteiger partial charge in [0.2, 0.25) is 0 Å². The number of carbonyl (C=O) groups is 4. The summed E-state index contributed by atoms with van der Waals surface area (Å²) in [6.45, 7) is 14.6. The minimum absolute atomic E-state index is 0.0633. The van der Waals surface area contributed by atoms with Crippen LogP contribution in [0.1, 0.15) is 176 Å². The van der Waals surface area contributed by atoms with E-state index >= 15 is 0 Å². The van der Waals surface area contributed by atoms with Crippen LogP contribution in [-0.4, -0.2) is 94.2 Å². The van der Waals surface area contributed by atoms with Crippen LogP contribution in [0.3, 0.4) is 0 Å². The molecule has 0 bridgehead atoms. The first-order valence-corrected chi connectivity index (χ1v) is 28.2. The van der Waals surface area contributed by atoms with Crippen molar-refractivity contribution >= 4 is 56.4 Å². The Balaban J connectivity index is 0.000000196. The molecule has 8 unspecified atom stereocenters. The highest BCUT2D eigenvalue weighted by molar-refractivity contribution is 9.09. The molecule has 19 atom stereocenters. The highest BCUT2D eigenvalue weighted by Gasteiger charge is 2.66. The average molecular weight is 1050 g/mol. The van der Waals surface area contributed by atoms with Gasteiger partial charge in [0.1, 0.15) is 24.8 Å². The Bertz CT molecular complexity index is 1730. The van der Waals surface area contributed by atoms with E-state index in [-0.39, 0.29) is 85.6 Å². The minimum Gasteiger partial charge on any atom is -0.461 e. The van der Waals surface area contributed by atoms with Gasteiger partial charge in [0.05, 0.1) is 34.1 Å². The van der Waals surface area contributed by atoms with E-state index in [1.54, 1.807) is 0 Å². The largest absolute Gasteiger partial charge is 0.461 e. The molecule has 0 aromatic carbocycles. The maximum absolute atomic E-state index is 12.2. The van der Waals surface area contributed by atoms with Crippen LogP contribution in [0.5, 0.6) is 0 Å². The fourth-order valence-corrected chi connectivity index (χ4v) is 18.2. The van der Waals surface area contributed by atoms with E-state index in [1.807, 2.05) is 13.8 Å². The summed E-state index contributed by atoms with van der Waals surface area (Å²) in [7, 11) is 0. The van der Waals surface area contributed by atoms with E-state index in [9.17, 15) is 29.4 Å². The summed E-state index contributed by atoms with van der Waals surface area (Å²) in [5, 5.41) is 22.9. The van der Waals surface area contributed by atoms with Gasteiger partial charge in [-0.1, -0.05) is 85.1 Å². The zero-order chi connectivity index (χ0) is 47.6. The normalized spacial score (nSPS) is 45.5. The molecule has 8 aliphatic carbocycles. The Hall–Kier alpha value is -1.18. The molecule has 66 heavy (non-hydrogen) atoms. The summed E-state index contributed by atoms with van der Waals surface area (Å²) in [6.07, 6.45) is 22.8. The van der Waals surface area contributed by atoms with Crippen molar-refractivity contribution < 1.29 is 48.3 Å². The van der Waals surface area contributed by atoms with Crippen molar-refractivity contribution in [2.45, 2.75) is 223 Å². The molecule has 7 saturated carbocycles. The van der Waals surface area contributed by atoms with Gasteiger partial charge >= 0.3 is 11.9 Å². The molecule has 7 fully saturated rings. The SMILES string of the molecule is CCC(=O)OC1[C@H](Br)CC2C3C(CC[C@@]21C)[C@@]1(C)CC[C@H](OCCCCC=O)CC1=C[C@@H]3O.CCC(=O)O[C@H]1[C@H](Br)CC2C3C(CC[C@@]21C)[C@@]1(C)CC[C@H](OCCCCC=O)CC1C[C@@H]3O. The number of aldehydes is 2. The number of hydrogen-bond donors (Lipinski definition) is 2. The fourth-order valence-electron chi connectivity index (χ4n) is 16.0. The molecule has 2 N–H and O–H groups in total. The molecule has 8 rings (SSSR count). The molecule has 10 nitrogen and oxygen atoms in total. The van der Waals surface area contributed by atoms with Gasteiger partial charge < -0.3 is 38.7 Å². The maximum Gasteiger partial charge on any atom is 0.305 e. The number of hydrogen-bond acceptors (Lipinski definition) is 10. The van der Waals surface area contributed by atoms with E-state index in [4.69, 9.17) is 18.9 Å². The van der Waals surface area contributed by atoms with Crippen LogP contribution in [0.4, 0.5) is 0 Å². The third-order valence-corrected chi connectivity index (χ3v) is 21.5. The monoisotopic (exact) mass is 1050 g/mol. The Morgan fingerprint density at radius 2 is 1.17 bits per heavy atom. The Labute approximate surface area is 413 Å². The second-order valence-corrected chi connectivity index (χ2v) is 25.5. The van der Waals surface area contributed by atoms with Crippen LogP contribution < -0.4 is 0 Å². The van der Waals surface area contributed by atoms with Crippen LogP contribution in [0, 0.1) is 63.1 Å². The smallest absolute Gasteiger partial charge is 0.305 e. The number of alkyl halides is 2. The second kappa shape index (κ2) is 22.1. The van der Waals surface area contributed by atoms with Crippen molar-refractivity contribution in [3.8, 4) is 0 Å². The number of esters is 2. The number of aliphatic hydroxyl groups excluding tert-OH is 2. The predicted octanol–water partition coefficient (Wildman–Crippen LogP) is 10.8. The molecular formula is C54H84Br2O10. The van der Waals surface area contributed by atoms with Gasteiger partial charge in [0.25, 0.3) is 0 Å². The van der Waals surface area contributed by atoms with E-state index in [0.29, 0.717) is 61.9 Å². The summed E-state index contributed by atoms with van der Waals surface area (Å²) in [6, 6.07) is 0. The second-order valence-electron chi connectivity index (χ2n) is 23.1. The summed E-state index contributed by atoms with van der Waals surface area (Å²) >= 11 is 7.70. The highest BCUT2D eigenvalue weighted by Crippen LogP contribution is 2.68. The standard InChI is InChI=1S/C27H43BrO5.C27H41BrO5/c2*1-4-23(31)33-25-21(28)16-20-24-19(9-11-27(20,25)3)26(2)10-8-18(14-17(26)15-22(24)30)32-13-7-5-6-12-29/h12,17-22,24-25,30H,4-11,13-16H2,1-3H3;12,15,18-22,24-25,30H,4-11,13-14,16H2,1-3H3/t17?,18-,19?,20?,21+,22-,24?,25-,26-,27-;18-,19?,20?,21+,22-,24?,25?,26-,27-/m00/s1. The summed E-state index contributed by atoms with van der Waals surface area (Å²) in [5.74, 6) is 2.46. The van der Waals surface area contributed by atoms with Crippen molar-refractivity contribution in [1.82, 2.24) is 0 Å². The Morgan fingerprint density at radius 1 is 0.652 bits per heavy atom. The number of aliphatic hydroxyl groups is 2. The zero-order valence-electron chi connectivity index (χ0n) is 41.1. The van der Waals surface area contributed by atoms with Crippen LogP contribution >= 0.6 is 31.9 Å². The lowest BCUT2D eigenvalue weighted by molar-refractivity contribution is -0.187. The van der Waals surface area contributed by atoms with Crippen molar-refractivity contribution in [2.75, 3.05) is 13.2 Å². The van der Waals surface area contributed by atoms with Gasteiger partial charge in [0, 0.05) is 49.7 Å². The Morgan fingerprint density at radius 3 is 1.73 bits per heavy atom. The molecule has 12 heteroatoms. The number of rotatable bonds is 16. The van der Waals surface area contributed by atoms with E-state index in [0.717, 1.165) is 122 Å². The lowest BCUT2D eigenvalue weighted by atomic mass is 9.44. The highest BCUT2D eigenvalue weighted by atomic mass is 79.9. The zero-order valence-corrected chi connectivity index (χ0v) is 44.2. The molecule has 8 aliphatic rings. The summed E-state index contributed by atoms with van der Waals surface area (Å²) < 4.78 is 24.3. The quantitative estimate of drug-likeness (QED) is 0.0504. The molecule has 0 radical (unpaired) electrons. The first-order chi connectivity index (χ1) is 31.5. The van der Waals surface area contributed by atoms with E-state index < -0.39 is 6.10 Å². The van der Waals surface area contributed by atoms with Crippen LogP contribution in [0.2, 0.25) is 0 Å². The van der Waals surface area contributed by atoms with E-state index in [2.05, 4.69) is 65.6 Å². The molecule has 0 saturated heterocycles. The average Bonchev–Trinajstić information content (AvgIpc) is 3.70. The van der Waals surface area contributed by atoms with Crippen LogP contribution in [0.25, 0.3) is 0 Å². The number of ether oxygens (including phenoxy) is 4. The molecule has 0 aromatic heterocycles. The fraction of sp³-hybridized carbons (Fsp3) is 0.889. The van der Waals surface area contributed by atoms with Crippen molar-refractivity contribution in [3.63, 3.8) is 0 Å². The topological polar surface area (TPSA) is 146 Å². The molecular weight excluding hydrogens is 968 g/mol. The third-order valence-electron chi connectivity index (χ3n) is 19.7. The molecule has 0 aromatic rings. The number of unbranched alkanes of at least 4 members (excludes halogenated alkanes) is 4. The lowest BCUT2D eigenvalue weighted by Gasteiger charge is -2.62. The number of fused-ring (bicyclic) bond motifs is 10. The van der Waals surface area contributed by atoms with Gasteiger partial charge in [-0.25, -0.2) is 0 Å². The predicted molar refractivity (Wildman–Crippen MR) is 262 cm³/mol. The minimum atomic E-state index is -0.450. The maximum atomic E-state index is 12.2. The number of halogens is 2. The third kappa shape index (κ3) is 10.3. The first kappa shape index (κ1) is 52.6. The van der Waals surface area contributed by atoms with Crippen molar-refractivity contribution in [2.24, 2.45) is 63.1 Å². The van der Waals surface area contributed by atoms with Crippen molar-refractivity contribution in [1.29, 1.82) is 0 Å². The lowest BCUT2D eigenvalue weighted by Crippen LogP contribution is -2.59. The molecule has 0 amide bonds. The Kier molecular flexibility index (Phi) is 17.6. The van der Waals surface area contributed by atoms with Crippen molar-refractivity contribution in [3.05, 3.63) is 11.6 Å². The first-order valence-electron chi connectivity index (χ1n) is 26.3. The molecule has 0 heterocycles. The van der Waals surface area contributed by atoms with Crippen LogP contribution in [-0.2, 0) is 38.1 Å². The summed E-state index contributed by atoms with van der Waals surface area (Å²) in [5.41, 5.74) is 1.59.